The van der Waals surface area contributed by atoms with Crippen LogP contribution < -0.4 is 5.32 Å². The molecule has 1 aromatic heterocycles. The molecule has 0 aliphatic rings. The molecule has 1 heterocycles. The number of hydrogen-bond donors (Lipinski definition) is 2. The second-order valence-electron chi connectivity index (χ2n) is 7.87. The Morgan fingerprint density at radius 1 is 0.914 bits per heavy atom. The van der Waals surface area contributed by atoms with E-state index in [-0.39, 0.29) is 12.1 Å². The van der Waals surface area contributed by atoms with Gasteiger partial charge < -0.3 is 15.0 Å². The molecule has 0 radical (unpaired) electrons. The van der Waals surface area contributed by atoms with Crippen LogP contribution in [0.15, 0.2) is 85.1 Å². The highest BCUT2D eigenvalue weighted by Crippen LogP contribution is 2.30. The normalized spacial score (nSPS) is 12.3. The summed E-state index contributed by atoms with van der Waals surface area (Å²) < 4.78 is 40.9. The summed E-state index contributed by atoms with van der Waals surface area (Å²) in [5.41, 5.74) is 0.427. The molecule has 9 heteroatoms. The monoisotopic (exact) mass is 480 g/mol. The molecule has 1 amide bonds. The third kappa shape index (κ3) is 5.08. The van der Waals surface area contributed by atoms with Crippen molar-refractivity contribution >= 4 is 28.6 Å². The summed E-state index contributed by atoms with van der Waals surface area (Å²) in [5, 5.41) is 12.2. The number of amides is 1. The lowest BCUT2D eigenvalue weighted by atomic mass is 10.1. The van der Waals surface area contributed by atoms with Crippen LogP contribution in [0.25, 0.3) is 10.9 Å². The summed E-state index contributed by atoms with van der Waals surface area (Å²) in [5.74, 6) is -3.39. The molecular weight excluding hydrogens is 461 g/mol. The minimum Gasteiger partial charge on any atom is -0.479 e. The quantitative estimate of drug-likeness (QED) is 0.293. The van der Waals surface area contributed by atoms with E-state index in [1.165, 1.54) is 30.5 Å². The van der Waals surface area contributed by atoms with Gasteiger partial charge in [-0.1, -0.05) is 60.7 Å². The number of rotatable bonds is 7. The van der Waals surface area contributed by atoms with Gasteiger partial charge in [-0.25, -0.2) is 4.79 Å². The van der Waals surface area contributed by atoms with Crippen LogP contribution in [0.4, 0.5) is 13.2 Å². The average molecular weight is 480 g/mol. The molecule has 6 nitrogen and oxygen atoms in total. The van der Waals surface area contributed by atoms with Crippen molar-refractivity contribution in [3.8, 4) is 0 Å². The van der Waals surface area contributed by atoms with Crippen LogP contribution in [0, 0.1) is 0 Å². The van der Waals surface area contributed by atoms with Crippen molar-refractivity contribution in [1.29, 1.82) is 0 Å². The molecule has 0 bridgehead atoms. The van der Waals surface area contributed by atoms with Crippen molar-refractivity contribution in [2.24, 2.45) is 0 Å². The highest BCUT2D eigenvalue weighted by atomic mass is 19.4. The molecular formula is C26H19F3N2O4. The smallest absolute Gasteiger partial charge is 0.416 e. The number of carboxylic acid groups (broad SMARTS) is 1. The zero-order chi connectivity index (χ0) is 25.2. The number of halogens is 3. The van der Waals surface area contributed by atoms with E-state index >= 15 is 0 Å². The number of aromatic nitrogens is 1. The van der Waals surface area contributed by atoms with Gasteiger partial charge in [-0.3, -0.25) is 9.59 Å². The number of fused-ring (bicyclic) bond motifs is 1. The number of aliphatic carboxylic acids is 1. The van der Waals surface area contributed by atoms with Crippen molar-refractivity contribution < 1.29 is 32.7 Å². The lowest BCUT2D eigenvalue weighted by Crippen LogP contribution is -2.38. The number of para-hydroxylation sites is 1. The van der Waals surface area contributed by atoms with Crippen LogP contribution in [0.5, 0.6) is 0 Å². The molecule has 0 saturated heterocycles. The zero-order valence-electron chi connectivity index (χ0n) is 18.1. The number of alkyl halides is 3. The topological polar surface area (TPSA) is 88.4 Å². The predicted molar refractivity (Wildman–Crippen MR) is 122 cm³/mol. The molecule has 1 atom stereocenters. The number of nitrogens with zero attached hydrogens (tertiary/aromatic N) is 1. The van der Waals surface area contributed by atoms with Gasteiger partial charge in [-0.2, -0.15) is 13.2 Å². The lowest BCUT2D eigenvalue weighted by Gasteiger charge is -2.14. The maximum absolute atomic E-state index is 13.1. The van der Waals surface area contributed by atoms with E-state index in [4.69, 9.17) is 0 Å². The lowest BCUT2D eigenvalue weighted by molar-refractivity contribution is -0.141. The zero-order valence-corrected chi connectivity index (χ0v) is 18.1. The first-order chi connectivity index (χ1) is 16.6. The van der Waals surface area contributed by atoms with E-state index in [0.717, 1.165) is 12.1 Å². The third-order valence-electron chi connectivity index (χ3n) is 5.50. The summed E-state index contributed by atoms with van der Waals surface area (Å²) in [4.78, 5) is 37.5. The number of nitrogens with one attached hydrogen (secondary N) is 1. The van der Waals surface area contributed by atoms with Crippen LogP contribution in [-0.2, 0) is 22.3 Å². The predicted octanol–water partition coefficient (Wildman–Crippen LogP) is 4.83. The van der Waals surface area contributed by atoms with Crippen molar-refractivity contribution in [2.45, 2.75) is 18.8 Å². The van der Waals surface area contributed by atoms with Gasteiger partial charge in [-0.15, -0.1) is 0 Å². The molecule has 178 valence electrons. The molecule has 0 fully saturated rings. The Morgan fingerprint density at radius 3 is 2.29 bits per heavy atom. The van der Waals surface area contributed by atoms with Crippen molar-refractivity contribution in [3.63, 3.8) is 0 Å². The summed E-state index contributed by atoms with van der Waals surface area (Å²) in [6, 6.07) is 18.0. The van der Waals surface area contributed by atoms with E-state index in [1.807, 2.05) is 0 Å². The molecule has 0 spiro atoms. The number of carbonyl (C=O) groups excluding carboxylic acids is 2. The highest BCUT2D eigenvalue weighted by molar-refractivity contribution is 6.45. The van der Waals surface area contributed by atoms with Crippen LogP contribution in [0.1, 0.15) is 33.1 Å². The van der Waals surface area contributed by atoms with E-state index in [0.29, 0.717) is 22.0 Å². The minimum absolute atomic E-state index is 0.0160. The van der Waals surface area contributed by atoms with E-state index < -0.39 is 35.4 Å². The second-order valence-corrected chi connectivity index (χ2v) is 7.87. The van der Waals surface area contributed by atoms with E-state index in [1.54, 1.807) is 47.0 Å². The first-order valence-electron chi connectivity index (χ1n) is 10.5. The fraction of sp³-hybridized carbons (Fsp3) is 0.115. The molecule has 35 heavy (non-hydrogen) atoms. The van der Waals surface area contributed by atoms with Crippen molar-refractivity contribution in [3.05, 3.63) is 107 Å². The highest BCUT2D eigenvalue weighted by Gasteiger charge is 2.31. The van der Waals surface area contributed by atoms with Crippen LogP contribution in [-0.4, -0.2) is 27.3 Å². The fourth-order valence-corrected chi connectivity index (χ4v) is 3.85. The number of carbonyl (C=O) groups is 3. The molecule has 4 rings (SSSR count). The van der Waals surface area contributed by atoms with Gasteiger partial charge in [0.2, 0.25) is 0 Å². The van der Waals surface area contributed by atoms with Gasteiger partial charge in [0.05, 0.1) is 11.1 Å². The third-order valence-corrected chi connectivity index (χ3v) is 5.50. The number of hydrogen-bond acceptors (Lipinski definition) is 3. The largest absolute Gasteiger partial charge is 0.479 e. The van der Waals surface area contributed by atoms with Crippen LogP contribution in [0.2, 0.25) is 0 Å². The van der Waals surface area contributed by atoms with Gasteiger partial charge in [-0.05, 0) is 29.3 Å². The Labute approximate surface area is 197 Å². The van der Waals surface area contributed by atoms with Crippen LogP contribution in [0.3, 0.4) is 0 Å². The fourth-order valence-electron chi connectivity index (χ4n) is 3.85. The van der Waals surface area contributed by atoms with Gasteiger partial charge in [0.25, 0.3) is 11.7 Å². The molecule has 0 saturated carbocycles. The molecule has 3 aromatic carbocycles. The first kappa shape index (κ1) is 23.7. The number of benzene rings is 3. The molecule has 0 aliphatic heterocycles. The molecule has 2 N–H and O–H groups in total. The second kappa shape index (κ2) is 9.46. The summed E-state index contributed by atoms with van der Waals surface area (Å²) >= 11 is 0. The SMILES string of the molecule is O=C(NC(C(=O)O)c1ccccc1)C(=O)c1cn(Cc2cccc(C(F)(F)F)c2)c2ccccc12. The Morgan fingerprint density at radius 2 is 1.60 bits per heavy atom. The number of ketones is 1. The summed E-state index contributed by atoms with van der Waals surface area (Å²) in [7, 11) is 0. The van der Waals surface area contributed by atoms with Crippen molar-refractivity contribution in [2.75, 3.05) is 0 Å². The summed E-state index contributed by atoms with van der Waals surface area (Å²) in [6.45, 7) is 0.0289. The van der Waals surface area contributed by atoms with Crippen molar-refractivity contribution in [1.82, 2.24) is 9.88 Å². The summed E-state index contributed by atoms with van der Waals surface area (Å²) in [6.07, 6.45) is -3.10. The molecule has 0 aliphatic carbocycles. The van der Waals surface area contributed by atoms with Gasteiger partial charge in [0.1, 0.15) is 0 Å². The maximum Gasteiger partial charge on any atom is 0.416 e. The Hall–Kier alpha value is -4.40. The Bertz CT molecular complexity index is 1410. The molecule has 1 unspecified atom stereocenters. The number of carboxylic acids is 1. The average Bonchev–Trinajstić information content (AvgIpc) is 3.20. The standard InChI is InChI=1S/C26H19F3N2O4/c27-26(28,29)18-10-6-7-16(13-18)14-31-15-20(19-11-4-5-12-21(19)31)23(32)24(33)30-22(25(34)35)17-8-2-1-3-9-17/h1-13,15,22H,14H2,(H,30,33)(H,34,35). The molecule has 4 aromatic rings. The van der Waals surface area contributed by atoms with Gasteiger partial charge in [0.15, 0.2) is 6.04 Å². The van der Waals surface area contributed by atoms with Gasteiger partial charge in [0, 0.05) is 23.6 Å². The Balaban J connectivity index is 1.65. The van der Waals surface area contributed by atoms with E-state index in [9.17, 15) is 32.7 Å². The number of Topliss-reactive ketones (excluding diaryl/α,β-unsaturated/α-hetero) is 1. The Kier molecular flexibility index (Phi) is 6.42. The minimum atomic E-state index is -4.49. The van der Waals surface area contributed by atoms with Gasteiger partial charge >= 0.3 is 12.1 Å². The van der Waals surface area contributed by atoms with E-state index in [2.05, 4.69) is 5.32 Å². The maximum atomic E-state index is 13.1. The van der Waals surface area contributed by atoms with Crippen LogP contribution >= 0.6 is 0 Å². The first-order valence-corrected chi connectivity index (χ1v) is 10.5.